The molecule has 0 atom stereocenters. The highest BCUT2D eigenvalue weighted by atomic mass is 35.5. The average molecular weight is 335 g/mol. The van der Waals surface area contributed by atoms with E-state index < -0.39 is 0 Å². The first kappa shape index (κ1) is 15.5. The van der Waals surface area contributed by atoms with Crippen molar-refractivity contribution < 1.29 is 4.79 Å². The molecule has 0 spiro atoms. The van der Waals surface area contributed by atoms with E-state index in [0.29, 0.717) is 15.0 Å². The zero-order valence-electron chi connectivity index (χ0n) is 12.3. The summed E-state index contributed by atoms with van der Waals surface area (Å²) in [5.74, 6) is -0.0462. The van der Waals surface area contributed by atoms with Crippen molar-refractivity contribution in [1.82, 2.24) is 10.3 Å². The molecule has 22 heavy (non-hydrogen) atoms. The summed E-state index contributed by atoms with van der Waals surface area (Å²) in [5, 5.41) is 3.17. The number of benzene rings is 1. The van der Waals surface area contributed by atoms with Crippen LogP contribution in [0.1, 0.15) is 48.2 Å². The summed E-state index contributed by atoms with van der Waals surface area (Å²) in [5.41, 5.74) is 1.61. The van der Waals surface area contributed by atoms with Crippen molar-refractivity contribution in [1.29, 1.82) is 0 Å². The third-order valence-electron chi connectivity index (χ3n) is 4.04. The molecule has 5 heteroatoms. The molecule has 1 aromatic heterocycles. The molecular weight excluding hydrogens is 316 g/mol. The summed E-state index contributed by atoms with van der Waals surface area (Å²) in [6.07, 6.45) is 7.07. The standard InChI is InChI=1S/C17H19ClN2OS/c18-17-20-14(12-8-4-3-5-9-12)15(22-17)16(21)19-13-10-6-1-2-7-11-13/h3-5,8-9,13H,1-2,6-7,10-11H2,(H,19,21). The van der Waals surface area contributed by atoms with Gasteiger partial charge in [-0.05, 0) is 12.8 Å². The van der Waals surface area contributed by atoms with E-state index in [1.165, 1.54) is 37.0 Å². The number of hydrogen-bond acceptors (Lipinski definition) is 3. The summed E-state index contributed by atoms with van der Waals surface area (Å²) in [6.45, 7) is 0. The summed E-state index contributed by atoms with van der Waals surface area (Å²) < 4.78 is 0.407. The minimum absolute atomic E-state index is 0.0462. The number of carbonyl (C=O) groups excluding carboxylic acids is 1. The Labute approximate surface area is 139 Å². The van der Waals surface area contributed by atoms with E-state index in [2.05, 4.69) is 10.3 Å². The van der Waals surface area contributed by atoms with Crippen LogP contribution in [0.25, 0.3) is 11.3 Å². The maximum atomic E-state index is 12.6. The monoisotopic (exact) mass is 334 g/mol. The van der Waals surface area contributed by atoms with Crippen molar-refractivity contribution >= 4 is 28.8 Å². The highest BCUT2D eigenvalue weighted by Gasteiger charge is 2.22. The molecule has 1 N–H and O–H groups in total. The molecule has 1 aromatic carbocycles. The van der Waals surface area contributed by atoms with Crippen molar-refractivity contribution in [3.63, 3.8) is 0 Å². The largest absolute Gasteiger partial charge is 0.349 e. The minimum atomic E-state index is -0.0462. The molecule has 2 aromatic rings. The third-order valence-corrected chi connectivity index (χ3v) is 5.20. The van der Waals surface area contributed by atoms with Gasteiger partial charge in [0.25, 0.3) is 5.91 Å². The molecule has 0 radical (unpaired) electrons. The molecule has 3 rings (SSSR count). The lowest BCUT2D eigenvalue weighted by Gasteiger charge is -2.15. The lowest BCUT2D eigenvalue weighted by molar-refractivity contribution is 0.0938. The van der Waals surface area contributed by atoms with Crippen molar-refractivity contribution in [2.24, 2.45) is 0 Å². The number of carbonyl (C=O) groups is 1. The Bertz CT molecular complexity index is 633. The highest BCUT2D eigenvalue weighted by molar-refractivity contribution is 7.18. The molecule has 3 nitrogen and oxygen atoms in total. The molecule has 0 unspecified atom stereocenters. The van der Waals surface area contributed by atoms with E-state index in [0.717, 1.165) is 18.4 Å². The lowest BCUT2D eigenvalue weighted by Crippen LogP contribution is -2.34. The van der Waals surface area contributed by atoms with Gasteiger partial charge in [0.2, 0.25) is 0 Å². The van der Waals surface area contributed by atoms with E-state index >= 15 is 0 Å². The van der Waals surface area contributed by atoms with E-state index in [9.17, 15) is 4.79 Å². The van der Waals surface area contributed by atoms with Crippen molar-refractivity contribution in [2.75, 3.05) is 0 Å². The number of rotatable bonds is 3. The van der Waals surface area contributed by atoms with Crippen LogP contribution < -0.4 is 5.32 Å². The molecule has 0 aliphatic heterocycles. The van der Waals surface area contributed by atoms with Gasteiger partial charge >= 0.3 is 0 Å². The van der Waals surface area contributed by atoms with Gasteiger partial charge in [0.15, 0.2) is 4.47 Å². The molecule has 1 aliphatic rings. The fourth-order valence-corrected chi connectivity index (χ4v) is 3.95. The highest BCUT2D eigenvalue weighted by Crippen LogP contribution is 2.31. The summed E-state index contributed by atoms with van der Waals surface area (Å²) >= 11 is 7.31. The number of nitrogens with zero attached hydrogens (tertiary/aromatic N) is 1. The van der Waals surface area contributed by atoms with Crippen molar-refractivity contribution in [2.45, 2.75) is 44.6 Å². The summed E-state index contributed by atoms with van der Waals surface area (Å²) in [7, 11) is 0. The molecule has 1 saturated carbocycles. The minimum Gasteiger partial charge on any atom is -0.349 e. The normalized spacial score (nSPS) is 16.2. The first-order valence-corrected chi connectivity index (χ1v) is 8.96. The van der Waals surface area contributed by atoms with Gasteiger partial charge in [0, 0.05) is 11.6 Å². The number of aromatic nitrogens is 1. The molecule has 1 fully saturated rings. The predicted octanol–water partition coefficient (Wildman–Crippen LogP) is 4.92. The second-order valence-electron chi connectivity index (χ2n) is 5.67. The van der Waals surface area contributed by atoms with Gasteiger partial charge in [-0.2, -0.15) is 0 Å². The van der Waals surface area contributed by atoms with Crippen LogP contribution in [0.5, 0.6) is 0 Å². The molecule has 116 valence electrons. The maximum absolute atomic E-state index is 12.6. The van der Waals surface area contributed by atoms with Crippen LogP contribution >= 0.6 is 22.9 Å². The number of halogens is 1. The molecule has 0 bridgehead atoms. The van der Waals surface area contributed by atoms with Gasteiger partial charge in [0.05, 0.1) is 5.69 Å². The number of hydrogen-bond donors (Lipinski definition) is 1. The molecule has 1 amide bonds. The smallest absolute Gasteiger partial charge is 0.263 e. The topological polar surface area (TPSA) is 42.0 Å². The van der Waals surface area contributed by atoms with E-state index in [-0.39, 0.29) is 11.9 Å². The van der Waals surface area contributed by atoms with Gasteiger partial charge in [0.1, 0.15) is 4.88 Å². The third kappa shape index (κ3) is 3.68. The second kappa shape index (κ2) is 7.25. The number of amides is 1. The Morgan fingerprint density at radius 2 is 1.82 bits per heavy atom. The average Bonchev–Trinajstić information content (AvgIpc) is 2.75. The fraction of sp³-hybridized carbons (Fsp3) is 0.412. The Morgan fingerprint density at radius 1 is 1.14 bits per heavy atom. The second-order valence-corrected chi connectivity index (χ2v) is 7.25. The first-order chi connectivity index (χ1) is 10.7. The quantitative estimate of drug-likeness (QED) is 0.810. The van der Waals surface area contributed by atoms with E-state index in [4.69, 9.17) is 11.6 Å². The Hall–Kier alpha value is -1.39. The van der Waals surface area contributed by atoms with Crippen LogP contribution in [0, 0.1) is 0 Å². The van der Waals surface area contributed by atoms with E-state index in [1.807, 2.05) is 30.3 Å². The van der Waals surface area contributed by atoms with E-state index in [1.54, 1.807) is 0 Å². The summed E-state index contributed by atoms with van der Waals surface area (Å²) in [4.78, 5) is 17.6. The molecular formula is C17H19ClN2OS. The Morgan fingerprint density at radius 3 is 2.50 bits per heavy atom. The zero-order valence-corrected chi connectivity index (χ0v) is 13.9. The van der Waals surface area contributed by atoms with Crippen LogP contribution in [0.2, 0.25) is 4.47 Å². The van der Waals surface area contributed by atoms with Crippen LogP contribution in [-0.4, -0.2) is 16.9 Å². The predicted molar refractivity (Wildman–Crippen MR) is 91.5 cm³/mol. The molecule has 1 heterocycles. The first-order valence-electron chi connectivity index (χ1n) is 7.76. The van der Waals surface area contributed by atoms with Gasteiger partial charge in [-0.3, -0.25) is 4.79 Å². The molecule has 0 saturated heterocycles. The SMILES string of the molecule is O=C(NC1CCCCCC1)c1sc(Cl)nc1-c1ccccc1. The van der Waals surface area contributed by atoms with Gasteiger partial charge < -0.3 is 5.32 Å². The van der Waals surface area contributed by atoms with Gasteiger partial charge in [-0.1, -0.05) is 79.0 Å². The zero-order chi connectivity index (χ0) is 15.4. The van der Waals surface area contributed by atoms with Gasteiger partial charge in [-0.15, -0.1) is 0 Å². The van der Waals surface area contributed by atoms with Crippen molar-refractivity contribution in [3.8, 4) is 11.3 Å². The van der Waals surface area contributed by atoms with Crippen LogP contribution in [0.15, 0.2) is 30.3 Å². The lowest BCUT2D eigenvalue weighted by atomic mass is 10.1. The Balaban J connectivity index is 1.80. The number of nitrogens with one attached hydrogen (secondary N) is 1. The van der Waals surface area contributed by atoms with Crippen molar-refractivity contribution in [3.05, 3.63) is 39.7 Å². The number of thiazole rings is 1. The van der Waals surface area contributed by atoms with Gasteiger partial charge in [-0.25, -0.2) is 4.98 Å². The van der Waals surface area contributed by atoms with Crippen LogP contribution in [-0.2, 0) is 0 Å². The molecule has 1 aliphatic carbocycles. The Kier molecular flexibility index (Phi) is 5.11. The maximum Gasteiger partial charge on any atom is 0.263 e. The van der Waals surface area contributed by atoms with Crippen LogP contribution in [0.3, 0.4) is 0 Å². The van der Waals surface area contributed by atoms with Crippen LogP contribution in [0.4, 0.5) is 0 Å². The fourth-order valence-electron chi connectivity index (χ4n) is 2.91. The summed E-state index contributed by atoms with van der Waals surface area (Å²) in [6, 6.07) is 10.0.